The van der Waals surface area contributed by atoms with Gasteiger partial charge in [0.15, 0.2) is 0 Å². The Bertz CT molecular complexity index is 773. The first kappa shape index (κ1) is 18.1. The smallest absolute Gasteiger partial charge is 0.243 e. The summed E-state index contributed by atoms with van der Waals surface area (Å²) < 4.78 is 32.2. The number of quaternary nitrogens is 1. The molecule has 148 valence electrons. The predicted molar refractivity (Wildman–Crippen MR) is 102 cm³/mol. The van der Waals surface area contributed by atoms with E-state index in [1.165, 1.54) is 42.0 Å². The van der Waals surface area contributed by atoms with Gasteiger partial charge in [0, 0.05) is 31.0 Å². The van der Waals surface area contributed by atoms with E-state index in [0.29, 0.717) is 31.2 Å². The van der Waals surface area contributed by atoms with E-state index in [2.05, 4.69) is 5.32 Å². The van der Waals surface area contributed by atoms with Crippen LogP contribution in [0, 0.1) is 23.7 Å². The molecule has 5 rings (SSSR count). The van der Waals surface area contributed by atoms with Crippen LogP contribution in [0.15, 0.2) is 29.2 Å². The fourth-order valence-corrected chi connectivity index (χ4v) is 7.82. The third-order valence-corrected chi connectivity index (χ3v) is 9.58. The molecule has 1 aromatic rings. The van der Waals surface area contributed by atoms with E-state index in [4.69, 9.17) is 4.74 Å². The van der Waals surface area contributed by atoms with Gasteiger partial charge in [0.1, 0.15) is 6.54 Å². The van der Waals surface area contributed by atoms with Crippen molar-refractivity contribution in [2.24, 2.45) is 23.7 Å². The summed E-state index contributed by atoms with van der Waals surface area (Å²) in [7, 11) is -3.38. The summed E-state index contributed by atoms with van der Waals surface area (Å²) in [6.07, 6.45) is 7.26. The maximum Gasteiger partial charge on any atom is 0.243 e. The van der Waals surface area contributed by atoms with Gasteiger partial charge in [-0.3, -0.25) is 0 Å². The number of benzene rings is 1. The highest BCUT2D eigenvalue weighted by atomic mass is 32.2. The normalized spacial score (nSPS) is 36.2. The largest absolute Gasteiger partial charge is 0.379 e. The van der Waals surface area contributed by atoms with Crippen LogP contribution in [0.5, 0.6) is 0 Å². The first-order valence-corrected chi connectivity index (χ1v) is 12.1. The van der Waals surface area contributed by atoms with Gasteiger partial charge >= 0.3 is 0 Å². The Hall–Kier alpha value is -0.950. The average Bonchev–Trinajstić information content (AvgIpc) is 3.41. The van der Waals surface area contributed by atoms with Crippen LogP contribution >= 0.6 is 0 Å². The summed E-state index contributed by atoms with van der Waals surface area (Å²) in [6, 6.07) is 8.33. The summed E-state index contributed by atoms with van der Waals surface area (Å²) >= 11 is 0. The molecule has 3 aliphatic carbocycles. The molecule has 4 aliphatic rings. The maximum atomic E-state index is 12.7. The molecule has 0 unspecified atom stereocenters. The second-order valence-electron chi connectivity index (χ2n) is 8.92. The molecular weight excluding hydrogens is 360 g/mol. The minimum atomic E-state index is -3.38. The monoisotopic (exact) mass is 391 g/mol. The summed E-state index contributed by atoms with van der Waals surface area (Å²) in [4.78, 5) is 0.405. The van der Waals surface area contributed by atoms with Crippen molar-refractivity contribution in [1.82, 2.24) is 4.31 Å². The number of nitrogens with two attached hydrogens (primary N) is 1. The molecule has 1 aromatic carbocycles. The van der Waals surface area contributed by atoms with Crippen molar-refractivity contribution in [1.29, 1.82) is 0 Å². The van der Waals surface area contributed by atoms with E-state index >= 15 is 0 Å². The van der Waals surface area contributed by atoms with E-state index in [9.17, 15) is 8.42 Å². The summed E-state index contributed by atoms with van der Waals surface area (Å²) in [5.41, 5.74) is 1.22. The Morgan fingerprint density at radius 1 is 1.00 bits per heavy atom. The third kappa shape index (κ3) is 3.24. The van der Waals surface area contributed by atoms with Crippen molar-refractivity contribution in [2.75, 3.05) is 26.3 Å². The van der Waals surface area contributed by atoms with Gasteiger partial charge < -0.3 is 10.1 Å². The molecule has 0 radical (unpaired) electrons. The van der Waals surface area contributed by atoms with E-state index in [0.717, 1.165) is 36.3 Å². The Morgan fingerprint density at radius 3 is 2.52 bits per heavy atom. The van der Waals surface area contributed by atoms with E-state index < -0.39 is 10.0 Å². The van der Waals surface area contributed by atoms with E-state index in [1.54, 1.807) is 12.1 Å². The molecule has 1 heterocycles. The lowest BCUT2D eigenvalue weighted by Gasteiger charge is -2.30. The highest BCUT2D eigenvalue weighted by Crippen LogP contribution is 2.57. The van der Waals surface area contributed by atoms with Crippen molar-refractivity contribution < 1.29 is 18.5 Å². The number of hydrogen-bond acceptors (Lipinski definition) is 3. The zero-order valence-corrected chi connectivity index (χ0v) is 16.7. The molecule has 27 heavy (non-hydrogen) atoms. The second-order valence-corrected chi connectivity index (χ2v) is 10.9. The van der Waals surface area contributed by atoms with Gasteiger partial charge in [0.05, 0.1) is 24.2 Å². The first-order chi connectivity index (χ1) is 13.1. The van der Waals surface area contributed by atoms with E-state index in [1.807, 2.05) is 12.1 Å². The highest BCUT2D eigenvalue weighted by molar-refractivity contribution is 7.89. The second kappa shape index (κ2) is 7.14. The molecular formula is C21H31N2O3S+. The molecule has 3 saturated carbocycles. The molecule has 5 atom stereocenters. The molecule has 2 N–H and O–H groups in total. The summed E-state index contributed by atoms with van der Waals surface area (Å²) in [6.45, 7) is 2.83. The number of fused-ring (bicyclic) bond motifs is 5. The van der Waals surface area contributed by atoms with Crippen LogP contribution in [0.1, 0.15) is 37.7 Å². The molecule has 0 aromatic heterocycles. The molecule has 6 heteroatoms. The van der Waals surface area contributed by atoms with Crippen LogP contribution in [0.25, 0.3) is 0 Å². The van der Waals surface area contributed by atoms with Gasteiger partial charge in [0.25, 0.3) is 0 Å². The van der Waals surface area contributed by atoms with Crippen molar-refractivity contribution in [3.05, 3.63) is 29.8 Å². The quantitative estimate of drug-likeness (QED) is 0.829. The van der Waals surface area contributed by atoms with Crippen LogP contribution in [0.3, 0.4) is 0 Å². The fraction of sp³-hybridized carbons (Fsp3) is 0.714. The van der Waals surface area contributed by atoms with Gasteiger partial charge in [-0.15, -0.1) is 0 Å². The van der Waals surface area contributed by atoms with Crippen LogP contribution in [-0.4, -0.2) is 45.1 Å². The lowest BCUT2D eigenvalue weighted by molar-refractivity contribution is -0.711. The Kier molecular flexibility index (Phi) is 4.79. The van der Waals surface area contributed by atoms with E-state index in [-0.39, 0.29) is 0 Å². The topological polar surface area (TPSA) is 63.2 Å². The standard InChI is InChI=1S/C21H30N2O3S/c24-27(25,23-8-10-26-11-9-23)17-6-4-15(5-7-17)14-22-21-13-16-12-20(21)19-3-1-2-18(16)19/h4-7,16,18-22H,1-3,8-14H2/p+1/t16-,18-,19+,20+,21-/m1/s1. The Labute approximate surface area is 162 Å². The molecule has 1 saturated heterocycles. The van der Waals surface area contributed by atoms with Crippen molar-refractivity contribution >= 4 is 10.0 Å². The van der Waals surface area contributed by atoms with Crippen LogP contribution < -0.4 is 5.32 Å². The number of morpholine rings is 1. The highest BCUT2D eigenvalue weighted by Gasteiger charge is 2.55. The maximum absolute atomic E-state index is 12.7. The van der Waals surface area contributed by atoms with Crippen molar-refractivity contribution in [3.63, 3.8) is 0 Å². The number of rotatable bonds is 5. The molecule has 5 nitrogen and oxygen atoms in total. The van der Waals surface area contributed by atoms with Crippen LogP contribution in [0.4, 0.5) is 0 Å². The van der Waals surface area contributed by atoms with Crippen molar-refractivity contribution in [2.45, 2.75) is 49.6 Å². The SMILES string of the molecule is O=S(=O)(c1ccc(C[NH2+][C@@H]2C[C@H]3C[C@H]2[C@H]2CCC[C@H]32)cc1)N1CCOCC1. The van der Waals surface area contributed by atoms with Gasteiger partial charge in [-0.05, 0) is 49.1 Å². The number of ether oxygens (including phenoxy) is 1. The lowest BCUT2D eigenvalue weighted by Crippen LogP contribution is -2.90. The summed E-state index contributed by atoms with van der Waals surface area (Å²) in [5, 5.41) is 2.53. The van der Waals surface area contributed by atoms with Crippen LogP contribution in [0.2, 0.25) is 0 Å². The molecule has 2 bridgehead atoms. The Balaban J connectivity index is 1.20. The van der Waals surface area contributed by atoms with Crippen molar-refractivity contribution in [3.8, 4) is 0 Å². The number of sulfonamides is 1. The zero-order valence-electron chi connectivity index (χ0n) is 15.9. The fourth-order valence-electron chi connectivity index (χ4n) is 6.41. The van der Waals surface area contributed by atoms with Crippen LogP contribution in [-0.2, 0) is 21.3 Å². The average molecular weight is 392 g/mol. The molecule has 4 fully saturated rings. The van der Waals surface area contributed by atoms with Gasteiger partial charge in [-0.25, -0.2) is 8.42 Å². The molecule has 0 spiro atoms. The zero-order chi connectivity index (χ0) is 18.4. The number of hydrogen-bond donors (Lipinski definition) is 1. The minimum Gasteiger partial charge on any atom is -0.379 e. The summed E-state index contributed by atoms with van der Waals surface area (Å²) in [5.74, 6) is 3.98. The first-order valence-electron chi connectivity index (χ1n) is 10.6. The Morgan fingerprint density at radius 2 is 1.74 bits per heavy atom. The third-order valence-electron chi connectivity index (χ3n) is 7.67. The molecule has 1 aliphatic heterocycles. The van der Waals surface area contributed by atoms with Gasteiger partial charge in [-0.1, -0.05) is 18.6 Å². The number of nitrogens with zero attached hydrogens (tertiary/aromatic N) is 1. The van der Waals surface area contributed by atoms with Gasteiger partial charge in [-0.2, -0.15) is 4.31 Å². The molecule has 0 amide bonds. The minimum absolute atomic E-state index is 0.405. The lowest BCUT2D eigenvalue weighted by atomic mass is 9.79. The van der Waals surface area contributed by atoms with Gasteiger partial charge in [0.2, 0.25) is 10.0 Å². The predicted octanol–water partition coefficient (Wildman–Crippen LogP) is 1.60.